The number of rotatable bonds is 3. The Morgan fingerprint density at radius 2 is 2.00 bits per heavy atom. The van der Waals surface area contributed by atoms with Gasteiger partial charge in [-0.1, -0.05) is 19.1 Å². The van der Waals surface area contributed by atoms with Crippen molar-refractivity contribution < 1.29 is 4.79 Å². The molecule has 2 N–H and O–H groups in total. The van der Waals surface area contributed by atoms with Gasteiger partial charge in [-0.15, -0.1) is 12.4 Å². The molecule has 0 spiro atoms. The molecule has 2 heterocycles. The third kappa shape index (κ3) is 3.29. The van der Waals surface area contributed by atoms with Crippen LogP contribution < -0.4 is 5.73 Å². The summed E-state index contributed by atoms with van der Waals surface area (Å²) < 4.78 is 0. The maximum Gasteiger partial charge on any atom is 0.254 e. The van der Waals surface area contributed by atoms with Gasteiger partial charge in [0.05, 0.1) is 0 Å². The molecular weight excluding hydrogens is 298 g/mol. The van der Waals surface area contributed by atoms with Crippen molar-refractivity contribution in [3.63, 3.8) is 0 Å². The van der Waals surface area contributed by atoms with Crippen molar-refractivity contribution in [2.75, 3.05) is 19.6 Å². The highest BCUT2D eigenvalue weighted by molar-refractivity contribution is 5.94. The SMILES string of the molecule is CCC1CN2CCCC2CN1C(=O)c1ccc(CN)cc1.Cl. The molecule has 0 aromatic heterocycles. The molecule has 2 fully saturated rings. The van der Waals surface area contributed by atoms with Crippen LogP contribution in [-0.2, 0) is 6.54 Å². The largest absolute Gasteiger partial charge is 0.333 e. The van der Waals surface area contributed by atoms with Gasteiger partial charge in [0, 0.05) is 37.3 Å². The van der Waals surface area contributed by atoms with Gasteiger partial charge >= 0.3 is 0 Å². The number of nitrogens with zero attached hydrogens (tertiary/aromatic N) is 2. The molecule has 4 nitrogen and oxygen atoms in total. The summed E-state index contributed by atoms with van der Waals surface area (Å²) in [6.07, 6.45) is 3.52. The van der Waals surface area contributed by atoms with Crippen LogP contribution in [0.15, 0.2) is 24.3 Å². The fourth-order valence-corrected chi connectivity index (χ4v) is 3.64. The average Bonchev–Trinajstić information content (AvgIpc) is 3.00. The quantitative estimate of drug-likeness (QED) is 0.928. The van der Waals surface area contributed by atoms with Gasteiger partial charge in [0.15, 0.2) is 0 Å². The molecule has 1 aromatic carbocycles. The van der Waals surface area contributed by atoms with Crippen molar-refractivity contribution in [1.82, 2.24) is 9.80 Å². The number of halogens is 1. The van der Waals surface area contributed by atoms with Gasteiger partial charge in [0.1, 0.15) is 0 Å². The molecule has 2 aliphatic rings. The molecule has 2 aliphatic heterocycles. The Morgan fingerprint density at radius 1 is 1.27 bits per heavy atom. The average molecular weight is 324 g/mol. The Morgan fingerprint density at radius 3 is 2.64 bits per heavy atom. The number of carbonyl (C=O) groups excluding carboxylic acids is 1. The summed E-state index contributed by atoms with van der Waals surface area (Å²) in [5.41, 5.74) is 7.48. The number of nitrogens with two attached hydrogens (primary N) is 1. The smallest absolute Gasteiger partial charge is 0.254 e. The number of amides is 1. The zero-order valence-electron chi connectivity index (χ0n) is 13.2. The van der Waals surface area contributed by atoms with E-state index in [1.807, 2.05) is 24.3 Å². The van der Waals surface area contributed by atoms with Crippen LogP contribution >= 0.6 is 12.4 Å². The van der Waals surface area contributed by atoms with Crippen molar-refractivity contribution in [3.8, 4) is 0 Å². The highest BCUT2D eigenvalue weighted by Crippen LogP contribution is 2.27. The van der Waals surface area contributed by atoms with Gasteiger partial charge < -0.3 is 10.6 Å². The molecule has 5 heteroatoms. The normalized spacial score (nSPS) is 24.7. The topological polar surface area (TPSA) is 49.6 Å². The van der Waals surface area contributed by atoms with E-state index in [0.29, 0.717) is 18.6 Å². The van der Waals surface area contributed by atoms with Crippen molar-refractivity contribution in [1.29, 1.82) is 0 Å². The molecule has 1 aromatic rings. The lowest BCUT2D eigenvalue weighted by Crippen LogP contribution is -2.57. The third-order valence-corrected chi connectivity index (χ3v) is 4.96. The number of piperazine rings is 1. The second kappa shape index (κ2) is 7.44. The molecule has 2 unspecified atom stereocenters. The molecule has 22 heavy (non-hydrogen) atoms. The third-order valence-electron chi connectivity index (χ3n) is 4.96. The van der Waals surface area contributed by atoms with Crippen LogP contribution in [0, 0.1) is 0 Å². The summed E-state index contributed by atoms with van der Waals surface area (Å²) in [5.74, 6) is 0.178. The summed E-state index contributed by atoms with van der Waals surface area (Å²) in [5, 5.41) is 0. The van der Waals surface area contributed by atoms with E-state index in [2.05, 4.69) is 16.7 Å². The minimum atomic E-state index is 0. The lowest BCUT2D eigenvalue weighted by Gasteiger charge is -2.43. The minimum Gasteiger partial charge on any atom is -0.333 e. The Labute approximate surface area is 139 Å². The first-order valence-corrected chi connectivity index (χ1v) is 8.07. The Kier molecular flexibility index (Phi) is 5.84. The fraction of sp³-hybridized carbons (Fsp3) is 0.588. The number of carbonyl (C=O) groups is 1. The van der Waals surface area contributed by atoms with Gasteiger partial charge in [-0.3, -0.25) is 9.69 Å². The lowest BCUT2D eigenvalue weighted by atomic mass is 10.0. The standard InChI is InChI=1S/C17H25N3O.ClH/c1-2-15-11-19-9-3-4-16(19)12-20(15)17(21)14-7-5-13(10-18)6-8-14;/h5-8,15-16H,2-4,9-12,18H2,1H3;1H. The summed E-state index contributed by atoms with van der Waals surface area (Å²) in [4.78, 5) is 17.5. The first-order chi connectivity index (χ1) is 10.2. The van der Waals surface area contributed by atoms with E-state index < -0.39 is 0 Å². The van der Waals surface area contributed by atoms with Crippen LogP contribution in [0.3, 0.4) is 0 Å². The fourth-order valence-electron chi connectivity index (χ4n) is 3.64. The van der Waals surface area contributed by atoms with Crippen LogP contribution in [-0.4, -0.2) is 47.4 Å². The number of benzene rings is 1. The molecule has 122 valence electrons. The molecule has 1 amide bonds. The van der Waals surface area contributed by atoms with Crippen molar-refractivity contribution >= 4 is 18.3 Å². The van der Waals surface area contributed by atoms with Crippen molar-refractivity contribution in [2.45, 2.75) is 44.8 Å². The number of fused-ring (bicyclic) bond motifs is 1. The number of hydrogen-bond donors (Lipinski definition) is 1. The second-order valence-electron chi connectivity index (χ2n) is 6.21. The van der Waals surface area contributed by atoms with Crippen LogP contribution in [0.2, 0.25) is 0 Å². The van der Waals surface area contributed by atoms with E-state index >= 15 is 0 Å². The molecule has 3 rings (SSSR count). The second-order valence-corrected chi connectivity index (χ2v) is 6.21. The Bertz CT molecular complexity index is 505. The monoisotopic (exact) mass is 323 g/mol. The molecule has 0 saturated carbocycles. The van der Waals surface area contributed by atoms with Gasteiger partial charge in [-0.05, 0) is 43.5 Å². The summed E-state index contributed by atoms with van der Waals surface area (Å²) in [7, 11) is 0. The van der Waals surface area contributed by atoms with Crippen LogP contribution in [0.5, 0.6) is 0 Å². The lowest BCUT2D eigenvalue weighted by molar-refractivity contribution is 0.0345. The summed E-state index contributed by atoms with van der Waals surface area (Å²) in [6.45, 7) is 5.82. The predicted octanol–water partition coefficient (Wildman–Crippen LogP) is 2.27. The van der Waals surface area contributed by atoms with E-state index in [9.17, 15) is 4.79 Å². The van der Waals surface area contributed by atoms with Crippen LogP contribution in [0.4, 0.5) is 0 Å². The van der Waals surface area contributed by atoms with Gasteiger partial charge in [-0.2, -0.15) is 0 Å². The summed E-state index contributed by atoms with van der Waals surface area (Å²) >= 11 is 0. The van der Waals surface area contributed by atoms with Gasteiger partial charge in [-0.25, -0.2) is 0 Å². The predicted molar refractivity (Wildman–Crippen MR) is 91.3 cm³/mol. The highest BCUT2D eigenvalue weighted by Gasteiger charge is 2.37. The van der Waals surface area contributed by atoms with Crippen LogP contribution in [0.25, 0.3) is 0 Å². The first kappa shape index (κ1) is 17.3. The maximum absolute atomic E-state index is 12.8. The summed E-state index contributed by atoms with van der Waals surface area (Å²) in [6, 6.07) is 8.66. The Hall–Kier alpha value is -1.10. The minimum absolute atomic E-state index is 0. The van der Waals surface area contributed by atoms with E-state index in [0.717, 1.165) is 30.6 Å². The van der Waals surface area contributed by atoms with E-state index in [-0.39, 0.29) is 18.3 Å². The molecule has 0 bridgehead atoms. The van der Waals surface area contributed by atoms with Crippen molar-refractivity contribution in [3.05, 3.63) is 35.4 Å². The van der Waals surface area contributed by atoms with Crippen LogP contribution in [0.1, 0.15) is 42.1 Å². The van der Waals surface area contributed by atoms with E-state index in [1.54, 1.807) is 0 Å². The first-order valence-electron chi connectivity index (χ1n) is 8.07. The zero-order chi connectivity index (χ0) is 14.8. The molecular formula is C17H26ClN3O. The molecule has 2 atom stereocenters. The van der Waals surface area contributed by atoms with E-state index in [4.69, 9.17) is 5.73 Å². The van der Waals surface area contributed by atoms with E-state index in [1.165, 1.54) is 19.4 Å². The van der Waals surface area contributed by atoms with Crippen molar-refractivity contribution in [2.24, 2.45) is 5.73 Å². The number of hydrogen-bond acceptors (Lipinski definition) is 3. The molecule has 2 saturated heterocycles. The Balaban J connectivity index is 0.00000176. The highest BCUT2D eigenvalue weighted by atomic mass is 35.5. The van der Waals surface area contributed by atoms with Gasteiger partial charge in [0.25, 0.3) is 5.91 Å². The van der Waals surface area contributed by atoms with Gasteiger partial charge in [0.2, 0.25) is 0 Å². The maximum atomic E-state index is 12.8. The molecule has 0 aliphatic carbocycles. The zero-order valence-corrected chi connectivity index (χ0v) is 14.0. The molecule has 0 radical (unpaired) electrons.